The van der Waals surface area contributed by atoms with Gasteiger partial charge in [-0.05, 0) is 11.1 Å². The maximum Gasteiger partial charge on any atom is 0.415 e. The molecule has 0 aromatic heterocycles. The van der Waals surface area contributed by atoms with Crippen molar-refractivity contribution in [3.05, 3.63) is 71.8 Å². The van der Waals surface area contributed by atoms with E-state index >= 15 is 0 Å². The number of nitrogens with zero attached hydrogens (tertiary/aromatic N) is 1. The molecule has 0 heterocycles. The van der Waals surface area contributed by atoms with Crippen molar-refractivity contribution in [1.82, 2.24) is 4.90 Å². The van der Waals surface area contributed by atoms with Gasteiger partial charge in [0.05, 0.1) is 0 Å². The minimum atomic E-state index is -4.37. The Morgan fingerprint density at radius 2 is 1.30 bits per heavy atom. The molecular formula is C18H20F3NO. The Bertz CT molecular complexity index is 530. The van der Waals surface area contributed by atoms with Gasteiger partial charge >= 0.3 is 6.18 Å². The number of rotatable bonds is 7. The van der Waals surface area contributed by atoms with Gasteiger partial charge < -0.3 is 4.74 Å². The van der Waals surface area contributed by atoms with Gasteiger partial charge in [-0.2, -0.15) is 13.2 Å². The summed E-state index contributed by atoms with van der Waals surface area (Å²) in [7, 11) is 1.10. The third-order valence-corrected chi connectivity index (χ3v) is 3.57. The van der Waals surface area contributed by atoms with Crippen LogP contribution in [0.4, 0.5) is 13.2 Å². The molecule has 0 saturated heterocycles. The third kappa shape index (κ3) is 5.69. The average Bonchev–Trinajstić information content (AvgIpc) is 2.53. The summed E-state index contributed by atoms with van der Waals surface area (Å²) in [6.45, 7) is 0.668. The number of hydrogen-bond acceptors (Lipinski definition) is 2. The van der Waals surface area contributed by atoms with E-state index in [1.54, 1.807) is 4.90 Å². The third-order valence-electron chi connectivity index (χ3n) is 3.57. The largest absolute Gasteiger partial charge is 0.415 e. The lowest BCUT2D eigenvalue weighted by Gasteiger charge is -2.28. The molecule has 0 radical (unpaired) electrons. The van der Waals surface area contributed by atoms with E-state index in [9.17, 15) is 13.2 Å². The molecule has 0 amide bonds. The summed E-state index contributed by atoms with van der Waals surface area (Å²) >= 11 is 0. The van der Waals surface area contributed by atoms with E-state index in [1.807, 2.05) is 60.7 Å². The van der Waals surface area contributed by atoms with Gasteiger partial charge in [-0.25, -0.2) is 0 Å². The van der Waals surface area contributed by atoms with Crippen LogP contribution >= 0.6 is 0 Å². The molecule has 0 spiro atoms. The predicted octanol–water partition coefficient (Wildman–Crippen LogP) is 4.27. The quantitative estimate of drug-likeness (QED) is 0.754. The van der Waals surface area contributed by atoms with Crippen LogP contribution in [0.25, 0.3) is 0 Å². The number of ether oxygens (including phenoxy) is 1. The second kappa shape index (κ2) is 8.13. The minimum absolute atomic E-state index is 0.205. The van der Waals surface area contributed by atoms with Crippen LogP contribution in [0.2, 0.25) is 0 Å². The summed E-state index contributed by atoms with van der Waals surface area (Å²) in [6, 6.07) is 18.9. The van der Waals surface area contributed by atoms with Crippen molar-refractivity contribution in [3.8, 4) is 0 Å². The van der Waals surface area contributed by atoms with Crippen molar-refractivity contribution in [2.75, 3.05) is 13.7 Å². The fraction of sp³-hybridized carbons (Fsp3) is 0.333. The number of methoxy groups -OCH3 is 1. The highest BCUT2D eigenvalue weighted by atomic mass is 19.4. The number of halogens is 3. The molecule has 5 heteroatoms. The maximum absolute atomic E-state index is 13.0. The second-order valence-corrected chi connectivity index (χ2v) is 5.41. The Balaban J connectivity index is 2.13. The summed E-state index contributed by atoms with van der Waals surface area (Å²) in [5.41, 5.74) is 1.95. The van der Waals surface area contributed by atoms with E-state index in [0.717, 1.165) is 18.2 Å². The molecule has 0 fully saturated rings. The molecule has 0 aliphatic heterocycles. The van der Waals surface area contributed by atoms with Gasteiger partial charge in [0.1, 0.15) is 0 Å². The zero-order chi connectivity index (χ0) is 16.7. The molecule has 2 aromatic carbocycles. The first-order valence-electron chi connectivity index (χ1n) is 7.38. The molecule has 0 saturated carbocycles. The number of benzene rings is 2. The second-order valence-electron chi connectivity index (χ2n) is 5.41. The van der Waals surface area contributed by atoms with E-state index < -0.39 is 12.3 Å². The molecule has 2 nitrogen and oxygen atoms in total. The monoisotopic (exact) mass is 323 g/mol. The maximum atomic E-state index is 13.0. The van der Waals surface area contributed by atoms with E-state index in [1.165, 1.54) is 0 Å². The van der Waals surface area contributed by atoms with Crippen molar-refractivity contribution in [2.45, 2.75) is 25.4 Å². The topological polar surface area (TPSA) is 12.5 Å². The highest BCUT2D eigenvalue weighted by Crippen LogP contribution is 2.24. The lowest BCUT2D eigenvalue weighted by atomic mass is 10.1. The molecule has 23 heavy (non-hydrogen) atoms. The molecule has 2 aromatic rings. The van der Waals surface area contributed by atoms with Crippen LogP contribution in [0.3, 0.4) is 0 Å². The summed E-state index contributed by atoms with van der Waals surface area (Å²) in [5.74, 6) is 0. The van der Waals surface area contributed by atoms with Gasteiger partial charge in [0.2, 0.25) is 0 Å². The van der Waals surface area contributed by atoms with Crippen LogP contribution in [0.1, 0.15) is 11.1 Å². The Hall–Kier alpha value is -1.85. The first-order chi connectivity index (χ1) is 11.0. The van der Waals surface area contributed by atoms with E-state index in [4.69, 9.17) is 0 Å². The van der Waals surface area contributed by atoms with Gasteiger partial charge in [-0.15, -0.1) is 0 Å². The summed E-state index contributed by atoms with van der Waals surface area (Å²) in [5, 5.41) is 0. The van der Waals surface area contributed by atoms with Gasteiger partial charge in [-0.3, -0.25) is 4.90 Å². The van der Waals surface area contributed by atoms with Crippen molar-refractivity contribution in [1.29, 1.82) is 0 Å². The van der Waals surface area contributed by atoms with Crippen LogP contribution in [0.15, 0.2) is 60.7 Å². The fourth-order valence-corrected chi connectivity index (χ4v) is 2.41. The molecule has 0 unspecified atom stereocenters. The van der Waals surface area contributed by atoms with E-state index in [-0.39, 0.29) is 6.54 Å². The molecule has 0 bridgehead atoms. The van der Waals surface area contributed by atoms with Crippen LogP contribution in [0.5, 0.6) is 0 Å². The molecule has 1 atom stereocenters. The summed E-state index contributed by atoms with van der Waals surface area (Å²) in [6.07, 6.45) is -6.17. The van der Waals surface area contributed by atoms with Gasteiger partial charge in [0.15, 0.2) is 6.10 Å². The van der Waals surface area contributed by atoms with Crippen molar-refractivity contribution in [3.63, 3.8) is 0 Å². The highest BCUT2D eigenvalue weighted by molar-refractivity contribution is 5.17. The van der Waals surface area contributed by atoms with E-state index in [0.29, 0.717) is 13.1 Å². The van der Waals surface area contributed by atoms with Crippen molar-refractivity contribution >= 4 is 0 Å². The molecule has 0 aliphatic carbocycles. The molecule has 124 valence electrons. The first kappa shape index (κ1) is 17.5. The first-order valence-corrected chi connectivity index (χ1v) is 7.38. The fourth-order valence-electron chi connectivity index (χ4n) is 2.41. The van der Waals surface area contributed by atoms with Crippen LogP contribution in [-0.2, 0) is 17.8 Å². The minimum Gasteiger partial charge on any atom is -0.371 e. The number of alkyl halides is 3. The van der Waals surface area contributed by atoms with Gasteiger partial charge in [-0.1, -0.05) is 60.7 Å². The zero-order valence-corrected chi connectivity index (χ0v) is 13.0. The van der Waals surface area contributed by atoms with E-state index in [2.05, 4.69) is 4.74 Å². The zero-order valence-electron chi connectivity index (χ0n) is 13.0. The van der Waals surface area contributed by atoms with Crippen LogP contribution in [-0.4, -0.2) is 30.8 Å². The summed E-state index contributed by atoms with van der Waals surface area (Å²) < 4.78 is 43.7. The van der Waals surface area contributed by atoms with Crippen LogP contribution < -0.4 is 0 Å². The SMILES string of the molecule is CO[C@@H](CN(Cc1ccccc1)Cc1ccccc1)C(F)(F)F. The Morgan fingerprint density at radius 3 is 1.65 bits per heavy atom. The van der Waals surface area contributed by atoms with Gasteiger partial charge in [0, 0.05) is 26.7 Å². The molecular weight excluding hydrogens is 303 g/mol. The normalized spacial score (nSPS) is 13.3. The standard InChI is InChI=1S/C18H20F3NO/c1-23-17(18(19,20)21)14-22(12-15-8-4-2-5-9-15)13-16-10-6-3-7-11-16/h2-11,17H,12-14H2,1H3/t17-/m0/s1. The predicted molar refractivity (Wildman–Crippen MR) is 83.9 cm³/mol. The summed E-state index contributed by atoms with van der Waals surface area (Å²) in [4.78, 5) is 1.76. The Kier molecular flexibility index (Phi) is 6.19. The Labute approximate surface area is 134 Å². The van der Waals surface area contributed by atoms with Crippen molar-refractivity contribution < 1.29 is 17.9 Å². The van der Waals surface area contributed by atoms with Crippen molar-refractivity contribution in [2.24, 2.45) is 0 Å². The molecule has 0 N–H and O–H groups in total. The lowest BCUT2D eigenvalue weighted by molar-refractivity contribution is -0.217. The smallest absolute Gasteiger partial charge is 0.371 e. The number of hydrogen-bond donors (Lipinski definition) is 0. The van der Waals surface area contributed by atoms with Gasteiger partial charge in [0.25, 0.3) is 0 Å². The molecule has 0 aliphatic rings. The Morgan fingerprint density at radius 1 is 0.870 bits per heavy atom. The average molecular weight is 323 g/mol. The lowest BCUT2D eigenvalue weighted by Crippen LogP contribution is -2.41. The molecule has 2 rings (SSSR count). The highest BCUT2D eigenvalue weighted by Gasteiger charge is 2.40. The van der Waals surface area contributed by atoms with Crippen LogP contribution in [0, 0.1) is 0 Å².